The first-order valence-corrected chi connectivity index (χ1v) is 11.0. The number of carbonyl (C=O) groups is 1. The Hall–Kier alpha value is -2.71. The smallest absolute Gasteiger partial charge is 0.322 e. The summed E-state index contributed by atoms with van der Waals surface area (Å²) >= 11 is 17.7. The zero-order chi connectivity index (χ0) is 24.7. The highest BCUT2D eigenvalue weighted by Crippen LogP contribution is 2.48. The molecule has 0 bridgehead atoms. The first-order valence-electron chi connectivity index (χ1n) is 9.87. The Morgan fingerprint density at radius 1 is 0.941 bits per heavy atom. The topological polar surface area (TPSA) is 50.4 Å². The third kappa shape index (κ3) is 4.74. The number of amides is 1. The summed E-state index contributed by atoms with van der Waals surface area (Å²) in [5, 5.41) is 3.34. The Bertz CT molecular complexity index is 1270. The number of hydroxylamine groups is 1. The number of aryl methyl sites for hydroxylation is 1. The average Bonchev–Trinajstić information content (AvgIpc) is 3.22. The molecule has 176 valence electrons. The van der Waals surface area contributed by atoms with E-state index in [1.54, 1.807) is 49.4 Å². The van der Waals surface area contributed by atoms with Crippen molar-refractivity contribution in [2.75, 3.05) is 5.32 Å². The molecule has 10 heteroatoms. The summed E-state index contributed by atoms with van der Waals surface area (Å²) in [5.41, 5.74) is 1.25. The highest BCUT2D eigenvalue weighted by atomic mass is 35.5. The van der Waals surface area contributed by atoms with Crippen molar-refractivity contribution in [1.82, 2.24) is 5.48 Å². The minimum absolute atomic E-state index is 0.0408. The Labute approximate surface area is 208 Å². The summed E-state index contributed by atoms with van der Waals surface area (Å²) in [7, 11) is 0. The van der Waals surface area contributed by atoms with Gasteiger partial charge in [0.25, 0.3) is 5.91 Å². The lowest BCUT2D eigenvalue weighted by molar-refractivity contribution is -0.269. The third-order valence-corrected chi connectivity index (χ3v) is 5.97. The average molecular weight is 528 g/mol. The van der Waals surface area contributed by atoms with Gasteiger partial charge in [0.15, 0.2) is 0 Å². The number of rotatable bonds is 4. The van der Waals surface area contributed by atoms with Gasteiger partial charge in [-0.1, -0.05) is 46.9 Å². The molecule has 1 aliphatic heterocycles. The number of halogens is 6. The molecule has 4 nitrogen and oxygen atoms in total. The summed E-state index contributed by atoms with van der Waals surface area (Å²) in [6, 6.07) is 14.8. The highest BCUT2D eigenvalue weighted by molar-refractivity contribution is 6.34. The molecule has 0 radical (unpaired) electrons. The molecule has 1 atom stereocenters. The lowest BCUT2D eigenvalue weighted by Crippen LogP contribution is -2.42. The van der Waals surface area contributed by atoms with Crippen molar-refractivity contribution in [1.29, 1.82) is 0 Å². The van der Waals surface area contributed by atoms with Gasteiger partial charge < -0.3 is 5.32 Å². The van der Waals surface area contributed by atoms with Crippen molar-refractivity contribution in [2.24, 2.45) is 0 Å². The zero-order valence-electron chi connectivity index (χ0n) is 17.4. The largest absolute Gasteiger partial charge is 0.428 e. The number of benzene rings is 3. The molecule has 0 saturated carbocycles. The first-order chi connectivity index (χ1) is 16.0. The normalized spacial score (nSPS) is 17.8. The zero-order valence-corrected chi connectivity index (χ0v) is 19.7. The minimum Gasteiger partial charge on any atom is -0.322 e. The molecule has 0 aliphatic carbocycles. The monoisotopic (exact) mass is 526 g/mol. The van der Waals surface area contributed by atoms with Crippen LogP contribution in [0.1, 0.15) is 27.0 Å². The van der Waals surface area contributed by atoms with Crippen molar-refractivity contribution in [3.05, 3.63) is 104 Å². The molecular formula is C24H16Cl3F3N2O2. The van der Waals surface area contributed by atoms with Gasteiger partial charge in [0.1, 0.15) is 0 Å². The van der Waals surface area contributed by atoms with Crippen LogP contribution in [0.5, 0.6) is 0 Å². The summed E-state index contributed by atoms with van der Waals surface area (Å²) < 4.78 is 42.7. The van der Waals surface area contributed by atoms with Crippen LogP contribution in [-0.2, 0) is 10.4 Å². The van der Waals surface area contributed by atoms with E-state index in [0.29, 0.717) is 27.4 Å². The Morgan fingerprint density at radius 3 is 2.21 bits per heavy atom. The van der Waals surface area contributed by atoms with E-state index in [1.807, 2.05) is 0 Å². The molecule has 1 aliphatic rings. The highest BCUT2D eigenvalue weighted by Gasteiger charge is 2.59. The van der Waals surface area contributed by atoms with E-state index in [9.17, 15) is 18.0 Å². The third-order valence-electron chi connectivity index (χ3n) is 5.29. The van der Waals surface area contributed by atoms with Gasteiger partial charge in [0.2, 0.25) is 5.60 Å². The predicted octanol–water partition coefficient (Wildman–Crippen LogP) is 7.54. The van der Waals surface area contributed by atoms with Crippen LogP contribution in [0.2, 0.25) is 15.1 Å². The SMILES string of the molecule is Cc1ccc(C2=CC(c3cc(Cl)cc(Cl)c3)(C(F)(F)F)ON2)cc1NC(=O)c1ccc(Cl)cc1. The fourth-order valence-corrected chi connectivity index (χ4v) is 4.13. The molecule has 3 aromatic rings. The second kappa shape index (κ2) is 9.15. The van der Waals surface area contributed by atoms with Gasteiger partial charge in [0, 0.05) is 37.4 Å². The number of nitrogens with one attached hydrogen (secondary N) is 2. The Kier molecular flexibility index (Phi) is 6.57. The fraction of sp³-hybridized carbons (Fsp3) is 0.125. The molecule has 0 saturated heterocycles. The molecule has 34 heavy (non-hydrogen) atoms. The van der Waals surface area contributed by atoms with Gasteiger partial charge in [0.05, 0.1) is 5.70 Å². The van der Waals surface area contributed by atoms with E-state index >= 15 is 0 Å². The lowest BCUT2D eigenvalue weighted by Gasteiger charge is -2.28. The minimum atomic E-state index is -4.83. The standard InChI is InChI=1S/C24H16Cl3F3N2O2/c1-13-2-3-15(8-20(13)31-22(33)14-4-6-17(25)7-5-14)21-12-23(34-32-21,24(28,29)30)16-9-18(26)11-19(27)10-16/h2-12,32H,1H3,(H,31,33). The van der Waals surface area contributed by atoms with Crippen LogP contribution in [0, 0.1) is 6.92 Å². The maximum atomic E-state index is 14.2. The molecule has 0 spiro atoms. The molecule has 0 aromatic heterocycles. The van der Waals surface area contributed by atoms with E-state index in [0.717, 1.165) is 18.2 Å². The Balaban J connectivity index is 1.70. The molecular weight excluding hydrogens is 512 g/mol. The molecule has 3 aromatic carbocycles. The van der Waals surface area contributed by atoms with Crippen LogP contribution in [0.3, 0.4) is 0 Å². The molecule has 4 rings (SSSR count). The summed E-state index contributed by atoms with van der Waals surface area (Å²) in [6.07, 6.45) is -3.91. The number of hydrogen-bond acceptors (Lipinski definition) is 3. The summed E-state index contributed by atoms with van der Waals surface area (Å²) in [4.78, 5) is 17.7. The van der Waals surface area contributed by atoms with Gasteiger partial charge in [-0.05, 0) is 67.1 Å². The van der Waals surface area contributed by atoms with Crippen LogP contribution >= 0.6 is 34.8 Å². The van der Waals surface area contributed by atoms with E-state index in [-0.39, 0.29) is 27.2 Å². The van der Waals surface area contributed by atoms with E-state index < -0.39 is 11.8 Å². The quantitative estimate of drug-likeness (QED) is 0.368. The van der Waals surface area contributed by atoms with E-state index in [1.165, 1.54) is 6.07 Å². The van der Waals surface area contributed by atoms with Gasteiger partial charge >= 0.3 is 6.18 Å². The van der Waals surface area contributed by atoms with E-state index in [4.69, 9.17) is 39.6 Å². The second-order valence-corrected chi connectivity index (χ2v) is 8.95. The van der Waals surface area contributed by atoms with Crippen LogP contribution in [0.25, 0.3) is 5.70 Å². The van der Waals surface area contributed by atoms with Crippen molar-refractivity contribution in [3.63, 3.8) is 0 Å². The van der Waals surface area contributed by atoms with Crippen LogP contribution in [0.4, 0.5) is 18.9 Å². The van der Waals surface area contributed by atoms with Gasteiger partial charge in [-0.15, -0.1) is 0 Å². The summed E-state index contributed by atoms with van der Waals surface area (Å²) in [5.74, 6) is -0.389. The molecule has 2 N–H and O–H groups in total. The lowest BCUT2D eigenvalue weighted by atomic mass is 9.91. The predicted molar refractivity (Wildman–Crippen MR) is 127 cm³/mol. The number of hydrogen-bond donors (Lipinski definition) is 2. The maximum Gasteiger partial charge on any atom is 0.428 e. The van der Waals surface area contributed by atoms with Crippen molar-refractivity contribution >= 4 is 52.1 Å². The van der Waals surface area contributed by atoms with Crippen molar-refractivity contribution < 1.29 is 22.8 Å². The number of carbonyl (C=O) groups excluding carboxylic acids is 1. The number of alkyl halides is 3. The number of anilines is 1. The fourth-order valence-electron chi connectivity index (χ4n) is 3.47. The van der Waals surface area contributed by atoms with Crippen molar-refractivity contribution in [2.45, 2.75) is 18.7 Å². The first kappa shape index (κ1) is 24.4. The second-order valence-electron chi connectivity index (χ2n) is 7.64. The van der Waals surface area contributed by atoms with Crippen LogP contribution in [0.15, 0.2) is 66.7 Å². The van der Waals surface area contributed by atoms with Gasteiger partial charge in [-0.3, -0.25) is 15.1 Å². The van der Waals surface area contributed by atoms with Crippen LogP contribution < -0.4 is 10.8 Å². The summed E-state index contributed by atoms with van der Waals surface area (Å²) in [6.45, 7) is 1.77. The van der Waals surface area contributed by atoms with Crippen LogP contribution in [-0.4, -0.2) is 12.1 Å². The van der Waals surface area contributed by atoms with Gasteiger partial charge in [-0.2, -0.15) is 13.2 Å². The molecule has 1 amide bonds. The maximum absolute atomic E-state index is 14.2. The van der Waals surface area contributed by atoms with Crippen molar-refractivity contribution in [3.8, 4) is 0 Å². The molecule has 1 heterocycles. The Morgan fingerprint density at radius 2 is 1.59 bits per heavy atom. The van der Waals surface area contributed by atoms with Gasteiger partial charge in [-0.25, -0.2) is 0 Å². The molecule has 1 unspecified atom stereocenters. The molecule has 0 fully saturated rings. The van der Waals surface area contributed by atoms with E-state index in [2.05, 4.69) is 10.8 Å².